The Kier molecular flexibility index (Phi) is 4.34. The van der Waals surface area contributed by atoms with Crippen molar-refractivity contribution in [2.45, 2.75) is 25.8 Å². The van der Waals surface area contributed by atoms with E-state index in [0.717, 1.165) is 5.69 Å². The monoisotopic (exact) mass is 314 g/mol. The lowest BCUT2D eigenvalue weighted by Gasteiger charge is -2.29. The summed E-state index contributed by atoms with van der Waals surface area (Å²) >= 11 is 6.14. The van der Waals surface area contributed by atoms with Crippen LogP contribution < -0.4 is 10.2 Å². The Hall–Kier alpha value is -2.00. The van der Waals surface area contributed by atoms with Crippen LogP contribution in [0.15, 0.2) is 54.6 Å². The average molecular weight is 315 g/mol. The number of urea groups is 1. The van der Waals surface area contributed by atoms with Gasteiger partial charge >= 0.3 is 6.03 Å². The van der Waals surface area contributed by atoms with Gasteiger partial charge in [-0.1, -0.05) is 41.9 Å². The van der Waals surface area contributed by atoms with Crippen LogP contribution in [-0.4, -0.2) is 12.1 Å². The maximum Gasteiger partial charge on any atom is 0.326 e. The molecule has 0 spiro atoms. The number of hydrogen-bond donors (Lipinski definition) is 1. The number of para-hydroxylation sites is 2. The van der Waals surface area contributed by atoms with Crippen molar-refractivity contribution in [1.29, 1.82) is 0 Å². The Morgan fingerprint density at radius 3 is 2.41 bits per heavy atom. The third-order valence-corrected chi connectivity index (χ3v) is 4.41. The van der Waals surface area contributed by atoms with Crippen LogP contribution in [0.2, 0.25) is 5.02 Å². The van der Waals surface area contributed by atoms with Gasteiger partial charge in [-0.2, -0.15) is 0 Å². The van der Waals surface area contributed by atoms with E-state index in [1.165, 1.54) is 12.8 Å². The van der Waals surface area contributed by atoms with Crippen molar-refractivity contribution in [2.75, 3.05) is 10.2 Å². The first-order valence-corrected chi connectivity index (χ1v) is 7.94. The number of benzene rings is 2. The second kappa shape index (κ2) is 6.41. The molecule has 2 amide bonds. The minimum absolute atomic E-state index is 0.140. The van der Waals surface area contributed by atoms with Crippen molar-refractivity contribution in [3.8, 4) is 0 Å². The number of hydrogen-bond acceptors (Lipinski definition) is 1. The molecular formula is C18H19ClN2O. The van der Waals surface area contributed by atoms with Gasteiger partial charge in [0.1, 0.15) is 0 Å². The van der Waals surface area contributed by atoms with Gasteiger partial charge in [-0.25, -0.2) is 4.79 Å². The first kappa shape index (κ1) is 14.9. The van der Waals surface area contributed by atoms with Crippen LogP contribution in [0.4, 0.5) is 16.2 Å². The summed E-state index contributed by atoms with van der Waals surface area (Å²) in [6, 6.07) is 17.1. The Morgan fingerprint density at radius 1 is 1.14 bits per heavy atom. The highest BCUT2D eigenvalue weighted by Gasteiger charge is 2.35. The molecule has 1 aliphatic carbocycles. The van der Waals surface area contributed by atoms with E-state index in [1.54, 1.807) is 6.07 Å². The highest BCUT2D eigenvalue weighted by atomic mass is 35.5. The van der Waals surface area contributed by atoms with Gasteiger partial charge in [0.2, 0.25) is 0 Å². The molecule has 1 saturated carbocycles. The molecule has 2 aromatic carbocycles. The van der Waals surface area contributed by atoms with E-state index in [4.69, 9.17) is 11.6 Å². The number of carbonyl (C=O) groups is 1. The quantitative estimate of drug-likeness (QED) is 0.828. The van der Waals surface area contributed by atoms with Crippen molar-refractivity contribution >= 4 is 29.0 Å². The third-order valence-electron chi connectivity index (χ3n) is 4.08. The third kappa shape index (κ3) is 3.25. The number of nitrogens with one attached hydrogen (secondary N) is 1. The standard InChI is InChI=1S/C18H19ClN2O/c1-13(14-11-12-14)21(15-7-3-2-4-8-15)18(22)20-17-10-6-5-9-16(17)19/h2-10,13-14H,11-12H2,1H3,(H,20,22)/t13-/m1/s1. The summed E-state index contributed by atoms with van der Waals surface area (Å²) in [5, 5.41) is 3.47. The van der Waals surface area contributed by atoms with E-state index in [0.29, 0.717) is 16.6 Å². The van der Waals surface area contributed by atoms with E-state index < -0.39 is 0 Å². The molecule has 0 radical (unpaired) electrons. The summed E-state index contributed by atoms with van der Waals surface area (Å²) in [5.74, 6) is 0.581. The van der Waals surface area contributed by atoms with Crippen molar-refractivity contribution in [3.05, 3.63) is 59.6 Å². The minimum Gasteiger partial charge on any atom is -0.306 e. The first-order valence-electron chi connectivity index (χ1n) is 7.56. The summed E-state index contributed by atoms with van der Waals surface area (Å²) in [4.78, 5) is 14.6. The fourth-order valence-electron chi connectivity index (χ4n) is 2.65. The Bertz CT molecular complexity index is 655. The van der Waals surface area contributed by atoms with E-state index in [9.17, 15) is 4.79 Å². The van der Waals surface area contributed by atoms with Crippen molar-refractivity contribution < 1.29 is 4.79 Å². The van der Waals surface area contributed by atoms with Crippen LogP contribution in [0.25, 0.3) is 0 Å². The van der Waals surface area contributed by atoms with Crippen LogP contribution in [-0.2, 0) is 0 Å². The number of carbonyl (C=O) groups excluding carboxylic acids is 1. The maximum atomic E-state index is 12.8. The largest absolute Gasteiger partial charge is 0.326 e. The smallest absolute Gasteiger partial charge is 0.306 e. The van der Waals surface area contributed by atoms with Gasteiger partial charge in [0, 0.05) is 11.7 Å². The van der Waals surface area contributed by atoms with Crippen molar-refractivity contribution in [3.63, 3.8) is 0 Å². The Morgan fingerprint density at radius 2 is 1.77 bits per heavy atom. The molecule has 1 aliphatic rings. The molecule has 0 saturated heterocycles. The number of rotatable bonds is 4. The van der Waals surface area contributed by atoms with Crippen LogP contribution in [0.1, 0.15) is 19.8 Å². The topological polar surface area (TPSA) is 32.3 Å². The van der Waals surface area contributed by atoms with Gasteiger partial charge in [-0.05, 0) is 49.9 Å². The lowest BCUT2D eigenvalue weighted by molar-refractivity contribution is 0.254. The number of halogens is 1. The van der Waals surface area contributed by atoms with Gasteiger partial charge < -0.3 is 5.32 Å². The average Bonchev–Trinajstić information content (AvgIpc) is 3.36. The summed E-state index contributed by atoms with van der Waals surface area (Å²) in [5.41, 5.74) is 1.55. The molecule has 2 aromatic rings. The van der Waals surface area contributed by atoms with Crippen molar-refractivity contribution in [1.82, 2.24) is 0 Å². The normalized spacial score (nSPS) is 15.2. The van der Waals surface area contributed by atoms with Crippen LogP contribution >= 0.6 is 11.6 Å². The molecule has 3 rings (SSSR count). The zero-order chi connectivity index (χ0) is 15.5. The van der Waals surface area contributed by atoms with Gasteiger partial charge in [0.15, 0.2) is 0 Å². The second-order valence-corrected chi connectivity index (χ2v) is 6.10. The van der Waals surface area contributed by atoms with E-state index in [-0.39, 0.29) is 12.1 Å². The minimum atomic E-state index is -0.140. The van der Waals surface area contributed by atoms with Crippen molar-refractivity contribution in [2.24, 2.45) is 5.92 Å². The maximum absolute atomic E-state index is 12.8. The molecule has 4 heteroatoms. The van der Waals surface area contributed by atoms with Gasteiger partial charge in [0.25, 0.3) is 0 Å². The molecule has 1 N–H and O–H groups in total. The molecule has 1 atom stereocenters. The predicted molar refractivity (Wildman–Crippen MR) is 91.6 cm³/mol. The fourth-order valence-corrected chi connectivity index (χ4v) is 2.84. The number of amides is 2. The summed E-state index contributed by atoms with van der Waals surface area (Å²) < 4.78 is 0. The highest BCUT2D eigenvalue weighted by molar-refractivity contribution is 6.33. The molecule has 0 aromatic heterocycles. The van der Waals surface area contributed by atoms with Crippen LogP contribution in [0, 0.1) is 5.92 Å². The summed E-state index contributed by atoms with van der Waals surface area (Å²) in [6.45, 7) is 2.11. The predicted octanol–water partition coefficient (Wildman–Crippen LogP) is 5.18. The molecule has 0 heterocycles. The Labute approximate surface area is 135 Å². The molecule has 114 valence electrons. The highest BCUT2D eigenvalue weighted by Crippen LogP contribution is 2.37. The lowest BCUT2D eigenvalue weighted by atomic mass is 10.1. The molecule has 1 fully saturated rings. The molecule has 0 unspecified atom stereocenters. The first-order chi connectivity index (χ1) is 10.7. The molecule has 0 bridgehead atoms. The SMILES string of the molecule is C[C@H](C1CC1)N(C(=O)Nc1ccccc1Cl)c1ccccc1. The molecule has 3 nitrogen and oxygen atoms in total. The lowest BCUT2D eigenvalue weighted by Crippen LogP contribution is -2.42. The molecule has 0 aliphatic heterocycles. The van der Waals surface area contributed by atoms with E-state index >= 15 is 0 Å². The zero-order valence-corrected chi connectivity index (χ0v) is 13.3. The summed E-state index contributed by atoms with van der Waals surface area (Å²) in [6.07, 6.45) is 2.37. The van der Waals surface area contributed by atoms with Crippen LogP contribution in [0.3, 0.4) is 0 Å². The van der Waals surface area contributed by atoms with Gasteiger partial charge in [-0.3, -0.25) is 4.90 Å². The number of nitrogens with zero attached hydrogens (tertiary/aromatic N) is 1. The Balaban J connectivity index is 1.85. The van der Waals surface area contributed by atoms with Gasteiger partial charge in [0.05, 0.1) is 10.7 Å². The van der Waals surface area contributed by atoms with E-state index in [2.05, 4.69) is 12.2 Å². The van der Waals surface area contributed by atoms with Crippen LogP contribution in [0.5, 0.6) is 0 Å². The zero-order valence-electron chi connectivity index (χ0n) is 12.5. The number of anilines is 2. The van der Waals surface area contributed by atoms with Gasteiger partial charge in [-0.15, -0.1) is 0 Å². The fraction of sp³-hybridized carbons (Fsp3) is 0.278. The summed E-state index contributed by atoms with van der Waals surface area (Å²) in [7, 11) is 0. The van der Waals surface area contributed by atoms with E-state index in [1.807, 2.05) is 53.4 Å². The molecular weight excluding hydrogens is 296 g/mol. The second-order valence-electron chi connectivity index (χ2n) is 5.69. The molecule has 22 heavy (non-hydrogen) atoms.